The average Bonchev–Trinajstić information content (AvgIpc) is 3.18. The number of carbonyl (C=O) groups is 1. The maximum atomic E-state index is 16.0. The van der Waals surface area contributed by atoms with Crippen molar-refractivity contribution >= 4 is 31.9 Å². The van der Waals surface area contributed by atoms with Crippen LogP contribution in [0.15, 0.2) is 57.9 Å². The van der Waals surface area contributed by atoms with Gasteiger partial charge in [-0.25, -0.2) is 8.42 Å². The molecule has 2 aliphatic heterocycles. The fourth-order valence-electron chi connectivity index (χ4n) is 5.73. The third-order valence-electron chi connectivity index (χ3n) is 7.74. The quantitative estimate of drug-likeness (QED) is 0.268. The van der Waals surface area contributed by atoms with Gasteiger partial charge in [-0.1, -0.05) is 61.2 Å². The first-order valence-corrected chi connectivity index (χ1v) is 16.0. The highest BCUT2D eigenvalue weighted by molar-refractivity contribution is 9.10. The van der Waals surface area contributed by atoms with Gasteiger partial charge in [-0.3, -0.25) is 4.79 Å². The summed E-state index contributed by atoms with van der Waals surface area (Å²) < 4.78 is 67.2. The van der Waals surface area contributed by atoms with E-state index in [1.807, 2.05) is 0 Å². The molecule has 10 heteroatoms. The number of hydrogen-bond acceptors (Lipinski definition) is 4. The minimum atomic E-state index is -4.46. The summed E-state index contributed by atoms with van der Waals surface area (Å²) in [4.78, 5) is 15.1. The van der Waals surface area contributed by atoms with E-state index in [0.717, 1.165) is 51.4 Å². The molecular formula is C29H37BrF2N2O4S. The van der Waals surface area contributed by atoms with Crippen LogP contribution in [0.1, 0.15) is 70.8 Å². The van der Waals surface area contributed by atoms with E-state index < -0.39 is 33.5 Å². The number of halogens is 3. The van der Waals surface area contributed by atoms with E-state index in [2.05, 4.69) is 34.5 Å². The Balaban J connectivity index is 1.58. The number of sulfonamides is 1. The summed E-state index contributed by atoms with van der Waals surface area (Å²) in [5, 5.41) is 0. The van der Waals surface area contributed by atoms with Crippen LogP contribution in [0.5, 0.6) is 5.75 Å². The molecule has 0 aliphatic carbocycles. The Labute approximate surface area is 238 Å². The van der Waals surface area contributed by atoms with E-state index in [4.69, 9.17) is 4.74 Å². The lowest BCUT2D eigenvalue weighted by atomic mass is 9.91. The Hall–Kier alpha value is -2.04. The first kappa shape index (κ1) is 29.9. The zero-order valence-corrected chi connectivity index (χ0v) is 24.8. The number of unbranched alkanes of at least 4 members (excludes halogenated alkanes) is 3. The largest absolute Gasteiger partial charge is 0.494 e. The molecule has 214 valence electrons. The molecule has 2 saturated heterocycles. The van der Waals surface area contributed by atoms with Gasteiger partial charge in [0.25, 0.3) is 5.92 Å². The Morgan fingerprint density at radius 3 is 2.26 bits per heavy atom. The summed E-state index contributed by atoms with van der Waals surface area (Å²) in [7, 11) is -4.46. The van der Waals surface area contributed by atoms with Crippen LogP contribution < -0.4 is 9.46 Å². The number of fused-ring (bicyclic) bond motifs is 2. The maximum absolute atomic E-state index is 16.0. The van der Waals surface area contributed by atoms with Crippen molar-refractivity contribution < 1.29 is 26.7 Å². The van der Waals surface area contributed by atoms with Gasteiger partial charge in [0.05, 0.1) is 11.5 Å². The Kier molecular flexibility index (Phi) is 9.70. The fourth-order valence-corrected chi connectivity index (χ4v) is 7.19. The lowest BCUT2D eigenvalue weighted by molar-refractivity contribution is -0.149. The highest BCUT2D eigenvalue weighted by atomic mass is 79.9. The molecule has 0 saturated carbocycles. The van der Waals surface area contributed by atoms with E-state index in [9.17, 15) is 13.2 Å². The van der Waals surface area contributed by atoms with Gasteiger partial charge in [0, 0.05) is 22.1 Å². The van der Waals surface area contributed by atoms with Crippen LogP contribution in [-0.2, 0) is 20.7 Å². The van der Waals surface area contributed by atoms with E-state index in [0.29, 0.717) is 22.7 Å². The lowest BCUT2D eigenvalue weighted by Crippen LogP contribution is -2.59. The summed E-state index contributed by atoms with van der Waals surface area (Å²) in [6.07, 6.45) is 7.11. The summed E-state index contributed by atoms with van der Waals surface area (Å²) >= 11 is 3.24. The number of benzene rings is 2. The van der Waals surface area contributed by atoms with Crippen molar-refractivity contribution in [2.75, 3.05) is 6.61 Å². The summed E-state index contributed by atoms with van der Waals surface area (Å²) in [6, 6.07) is 8.35. The van der Waals surface area contributed by atoms with Crippen LogP contribution in [-0.4, -0.2) is 44.0 Å². The van der Waals surface area contributed by atoms with Gasteiger partial charge in [-0.15, -0.1) is 0 Å². The van der Waals surface area contributed by atoms with Crippen LogP contribution in [0, 0.1) is 5.92 Å². The molecule has 2 heterocycles. The van der Waals surface area contributed by atoms with Gasteiger partial charge < -0.3 is 9.64 Å². The number of carbonyl (C=O) groups excluding carboxylic acids is 1. The lowest BCUT2D eigenvalue weighted by Gasteiger charge is -2.41. The second kappa shape index (κ2) is 12.6. The number of nitrogens with one attached hydrogen (secondary N) is 1. The number of rotatable bonds is 12. The van der Waals surface area contributed by atoms with Crippen molar-refractivity contribution in [3.8, 4) is 5.75 Å². The number of piperidine rings is 1. The van der Waals surface area contributed by atoms with Crippen LogP contribution in [0.2, 0.25) is 0 Å². The van der Waals surface area contributed by atoms with Crippen molar-refractivity contribution in [2.45, 2.75) is 94.2 Å². The number of amides is 1. The number of nitrogens with zero attached hydrogens (tertiary/aromatic N) is 1. The molecule has 4 rings (SSSR count). The zero-order chi connectivity index (χ0) is 28.2. The first-order valence-electron chi connectivity index (χ1n) is 13.7. The van der Waals surface area contributed by atoms with Gasteiger partial charge in [0.2, 0.25) is 15.9 Å². The van der Waals surface area contributed by atoms with Gasteiger partial charge in [-0.2, -0.15) is 13.5 Å². The molecule has 6 nitrogen and oxygen atoms in total. The normalized spacial score (nSPS) is 22.1. The van der Waals surface area contributed by atoms with Crippen molar-refractivity contribution in [1.82, 2.24) is 9.62 Å². The third kappa shape index (κ3) is 7.00. The highest BCUT2D eigenvalue weighted by Gasteiger charge is 2.53. The molecule has 39 heavy (non-hydrogen) atoms. The molecular weight excluding hydrogens is 590 g/mol. The second-order valence-corrected chi connectivity index (χ2v) is 13.4. The van der Waals surface area contributed by atoms with Crippen LogP contribution in [0.3, 0.4) is 0 Å². The minimum Gasteiger partial charge on any atom is -0.494 e. The summed E-state index contributed by atoms with van der Waals surface area (Å²) in [6.45, 7) is 4.73. The Bertz CT molecular complexity index is 1210. The molecule has 2 bridgehead atoms. The molecule has 1 N–H and O–H groups in total. The molecule has 0 radical (unpaired) electrons. The number of hydrogen-bond donors (Lipinski definition) is 1. The van der Waals surface area contributed by atoms with Gasteiger partial charge >= 0.3 is 0 Å². The average molecular weight is 628 g/mol. The molecule has 3 unspecified atom stereocenters. The number of ether oxygens (including phenoxy) is 1. The minimum absolute atomic E-state index is 0.160. The van der Waals surface area contributed by atoms with Gasteiger partial charge in [-0.05, 0) is 74.4 Å². The molecule has 2 fully saturated rings. The Morgan fingerprint density at radius 1 is 1.05 bits per heavy atom. The smallest absolute Gasteiger partial charge is 0.298 e. The van der Waals surface area contributed by atoms with Crippen LogP contribution >= 0.6 is 15.9 Å². The van der Waals surface area contributed by atoms with Gasteiger partial charge in [0.1, 0.15) is 5.75 Å². The SMILES string of the molecule is CCCCCCOc1ccc(S(=O)(=O)NC(C(=O)N2C3CCC2CC(C)C3)C(F)(F)c2ccc(Br)cc2)cc1. The van der Waals surface area contributed by atoms with E-state index >= 15 is 8.78 Å². The molecule has 3 atom stereocenters. The van der Waals surface area contributed by atoms with E-state index in [1.54, 1.807) is 0 Å². The molecule has 2 aliphatic rings. The third-order valence-corrected chi connectivity index (χ3v) is 9.70. The standard InChI is InChI=1S/C29H37BrF2N2O4S/c1-3-4-5-6-17-38-25-13-15-26(16-14-25)39(36,37)33-27(29(31,32)21-7-9-22(30)10-8-21)28(35)34-23-11-12-24(34)19-20(2)18-23/h7-10,13-16,20,23-24,27,33H,3-6,11-12,17-19H2,1-2H3. The Morgan fingerprint density at radius 2 is 1.67 bits per heavy atom. The fraction of sp³-hybridized carbons (Fsp3) is 0.552. The summed E-state index contributed by atoms with van der Waals surface area (Å²) in [5.74, 6) is -3.77. The maximum Gasteiger partial charge on any atom is 0.298 e. The van der Waals surface area contributed by atoms with Gasteiger partial charge in [0.15, 0.2) is 6.04 Å². The first-order chi connectivity index (χ1) is 18.5. The van der Waals surface area contributed by atoms with Crippen molar-refractivity contribution in [1.29, 1.82) is 0 Å². The molecule has 0 aromatic heterocycles. The molecule has 2 aromatic rings. The predicted molar refractivity (Wildman–Crippen MR) is 150 cm³/mol. The van der Waals surface area contributed by atoms with Crippen molar-refractivity contribution in [2.24, 2.45) is 5.92 Å². The van der Waals surface area contributed by atoms with Crippen molar-refractivity contribution in [3.63, 3.8) is 0 Å². The predicted octanol–water partition coefficient (Wildman–Crippen LogP) is 6.64. The van der Waals surface area contributed by atoms with E-state index in [-0.39, 0.29) is 17.0 Å². The zero-order valence-electron chi connectivity index (χ0n) is 22.4. The topological polar surface area (TPSA) is 75.7 Å². The molecule has 1 amide bonds. The van der Waals surface area contributed by atoms with Crippen LogP contribution in [0.4, 0.5) is 8.78 Å². The van der Waals surface area contributed by atoms with E-state index in [1.165, 1.54) is 53.4 Å². The highest BCUT2D eigenvalue weighted by Crippen LogP contribution is 2.42. The van der Waals surface area contributed by atoms with Crippen molar-refractivity contribution in [3.05, 3.63) is 58.6 Å². The summed E-state index contributed by atoms with van der Waals surface area (Å²) in [5.41, 5.74) is -0.434. The molecule has 0 spiro atoms. The monoisotopic (exact) mass is 626 g/mol. The molecule has 2 aromatic carbocycles. The second-order valence-electron chi connectivity index (χ2n) is 10.8. The number of alkyl halides is 2. The van der Waals surface area contributed by atoms with Crippen LogP contribution in [0.25, 0.3) is 0 Å².